The Morgan fingerprint density at radius 1 is 1.21 bits per heavy atom. The standard InChI is InChI=1S/C21H23ClN6O/c1-26(2)21-23-12-17(14-6-8-16(22)9-7-14)19(25-21)18-5-4-10-28(18)20(29)15-11-24-27(3)13-15/h6-9,11-13,18H,4-5,10H2,1-3H3/t18-/m0/s1. The van der Waals surface area contributed by atoms with Gasteiger partial charge in [-0.25, -0.2) is 9.97 Å². The minimum absolute atomic E-state index is 0.0207. The Labute approximate surface area is 174 Å². The molecule has 1 aliphatic heterocycles. The van der Waals surface area contributed by atoms with Gasteiger partial charge in [-0.15, -0.1) is 0 Å². The number of halogens is 1. The number of hydrogen-bond donors (Lipinski definition) is 0. The highest BCUT2D eigenvalue weighted by Crippen LogP contribution is 2.38. The second-order valence-electron chi connectivity index (χ2n) is 7.43. The molecule has 1 amide bonds. The van der Waals surface area contributed by atoms with Gasteiger partial charge in [0.2, 0.25) is 5.95 Å². The molecule has 3 heterocycles. The second kappa shape index (κ2) is 7.83. The van der Waals surface area contributed by atoms with E-state index in [1.165, 1.54) is 0 Å². The second-order valence-corrected chi connectivity index (χ2v) is 7.87. The van der Waals surface area contributed by atoms with Crippen LogP contribution in [0.5, 0.6) is 0 Å². The summed E-state index contributed by atoms with van der Waals surface area (Å²) >= 11 is 6.07. The zero-order chi connectivity index (χ0) is 20.5. The Hall–Kier alpha value is -2.93. The molecule has 2 aromatic heterocycles. The molecule has 1 fully saturated rings. The predicted molar refractivity (Wildman–Crippen MR) is 113 cm³/mol. The smallest absolute Gasteiger partial charge is 0.257 e. The average molecular weight is 411 g/mol. The molecule has 1 atom stereocenters. The van der Waals surface area contributed by atoms with Crippen LogP contribution in [0.2, 0.25) is 5.02 Å². The molecule has 4 rings (SSSR count). The monoisotopic (exact) mass is 410 g/mol. The van der Waals surface area contributed by atoms with E-state index in [1.807, 2.05) is 61.4 Å². The van der Waals surface area contributed by atoms with Gasteiger partial charge < -0.3 is 9.80 Å². The van der Waals surface area contributed by atoms with Gasteiger partial charge in [-0.2, -0.15) is 5.10 Å². The maximum atomic E-state index is 13.2. The van der Waals surface area contributed by atoms with Crippen LogP contribution in [0.4, 0.5) is 5.95 Å². The minimum Gasteiger partial charge on any atom is -0.347 e. The molecule has 0 N–H and O–H groups in total. The molecular formula is C21H23ClN6O. The molecule has 1 aliphatic rings. The van der Waals surface area contributed by atoms with Gasteiger partial charge in [0.25, 0.3) is 5.91 Å². The fourth-order valence-electron chi connectivity index (χ4n) is 3.70. The molecular weight excluding hydrogens is 388 g/mol. The minimum atomic E-state index is -0.116. The lowest BCUT2D eigenvalue weighted by molar-refractivity contribution is 0.0733. The average Bonchev–Trinajstić information content (AvgIpc) is 3.37. The third-order valence-electron chi connectivity index (χ3n) is 5.14. The van der Waals surface area contributed by atoms with Crippen molar-refractivity contribution in [2.75, 3.05) is 25.5 Å². The number of likely N-dealkylation sites (tertiary alicyclic amines) is 1. The van der Waals surface area contributed by atoms with Gasteiger partial charge in [0.15, 0.2) is 0 Å². The Kier molecular flexibility index (Phi) is 5.24. The van der Waals surface area contributed by atoms with Crippen LogP contribution < -0.4 is 4.90 Å². The number of aromatic nitrogens is 4. The van der Waals surface area contributed by atoms with E-state index in [0.717, 1.165) is 29.7 Å². The van der Waals surface area contributed by atoms with Gasteiger partial charge in [-0.05, 0) is 30.5 Å². The van der Waals surface area contributed by atoms with E-state index in [2.05, 4.69) is 10.1 Å². The molecule has 0 unspecified atom stereocenters. The molecule has 150 valence electrons. The molecule has 0 aliphatic carbocycles. The van der Waals surface area contributed by atoms with Gasteiger partial charge in [0.1, 0.15) is 0 Å². The first kappa shape index (κ1) is 19.4. The van der Waals surface area contributed by atoms with Gasteiger partial charge in [0, 0.05) is 50.7 Å². The molecule has 0 bridgehead atoms. The van der Waals surface area contributed by atoms with E-state index in [-0.39, 0.29) is 11.9 Å². The highest BCUT2D eigenvalue weighted by molar-refractivity contribution is 6.30. The quantitative estimate of drug-likeness (QED) is 0.657. The van der Waals surface area contributed by atoms with Crippen LogP contribution in [0.1, 0.15) is 34.9 Å². The number of nitrogens with zero attached hydrogens (tertiary/aromatic N) is 6. The number of carbonyl (C=O) groups excluding carboxylic acids is 1. The predicted octanol–water partition coefficient (Wildman–Crippen LogP) is 3.57. The van der Waals surface area contributed by atoms with Crippen molar-refractivity contribution in [2.45, 2.75) is 18.9 Å². The van der Waals surface area contributed by atoms with E-state index < -0.39 is 0 Å². The van der Waals surface area contributed by atoms with Crippen molar-refractivity contribution in [3.8, 4) is 11.1 Å². The van der Waals surface area contributed by atoms with Gasteiger partial charge in [-0.3, -0.25) is 9.48 Å². The summed E-state index contributed by atoms with van der Waals surface area (Å²) in [4.78, 5) is 26.3. The molecule has 29 heavy (non-hydrogen) atoms. The number of hydrogen-bond acceptors (Lipinski definition) is 5. The van der Waals surface area contributed by atoms with Crippen LogP contribution in [0.15, 0.2) is 42.9 Å². The summed E-state index contributed by atoms with van der Waals surface area (Å²) in [5.74, 6) is 0.603. The third-order valence-corrected chi connectivity index (χ3v) is 5.39. The molecule has 0 spiro atoms. The highest BCUT2D eigenvalue weighted by Gasteiger charge is 2.34. The van der Waals surface area contributed by atoms with Crippen molar-refractivity contribution >= 4 is 23.5 Å². The molecule has 1 aromatic carbocycles. The number of aryl methyl sites for hydroxylation is 1. The highest BCUT2D eigenvalue weighted by atomic mass is 35.5. The van der Waals surface area contributed by atoms with Crippen molar-refractivity contribution < 1.29 is 4.79 Å². The Morgan fingerprint density at radius 2 is 1.97 bits per heavy atom. The first-order valence-corrected chi connectivity index (χ1v) is 9.91. The summed E-state index contributed by atoms with van der Waals surface area (Å²) in [6, 6.07) is 7.51. The molecule has 3 aromatic rings. The largest absolute Gasteiger partial charge is 0.347 e. The maximum Gasteiger partial charge on any atom is 0.257 e. The number of benzene rings is 1. The summed E-state index contributed by atoms with van der Waals surface area (Å²) in [6.07, 6.45) is 6.99. The molecule has 8 heteroatoms. The lowest BCUT2D eigenvalue weighted by Crippen LogP contribution is -2.31. The van der Waals surface area contributed by atoms with Crippen LogP contribution in [-0.2, 0) is 7.05 Å². The lowest BCUT2D eigenvalue weighted by atomic mass is 9.99. The van der Waals surface area contributed by atoms with Crippen LogP contribution >= 0.6 is 11.6 Å². The first-order chi connectivity index (χ1) is 13.9. The van der Waals surface area contributed by atoms with E-state index in [9.17, 15) is 4.79 Å². The van der Waals surface area contributed by atoms with E-state index >= 15 is 0 Å². The summed E-state index contributed by atoms with van der Waals surface area (Å²) in [7, 11) is 5.63. The van der Waals surface area contributed by atoms with Crippen molar-refractivity contribution in [3.63, 3.8) is 0 Å². The third kappa shape index (κ3) is 3.82. The van der Waals surface area contributed by atoms with Crippen molar-refractivity contribution in [3.05, 3.63) is 59.1 Å². The maximum absolute atomic E-state index is 13.2. The molecule has 7 nitrogen and oxygen atoms in total. The molecule has 0 radical (unpaired) electrons. The van der Waals surface area contributed by atoms with Crippen molar-refractivity contribution in [2.24, 2.45) is 7.05 Å². The lowest BCUT2D eigenvalue weighted by Gasteiger charge is -2.26. The van der Waals surface area contributed by atoms with Crippen molar-refractivity contribution in [1.82, 2.24) is 24.6 Å². The van der Waals surface area contributed by atoms with Crippen LogP contribution in [0.3, 0.4) is 0 Å². The summed E-state index contributed by atoms with van der Waals surface area (Å²) in [5, 5.41) is 4.82. The number of anilines is 1. The molecule has 1 saturated heterocycles. The topological polar surface area (TPSA) is 67.2 Å². The summed E-state index contributed by atoms with van der Waals surface area (Å²) in [5.41, 5.74) is 3.36. The summed E-state index contributed by atoms with van der Waals surface area (Å²) < 4.78 is 1.65. The Balaban J connectivity index is 1.77. The van der Waals surface area contributed by atoms with Gasteiger partial charge in [0.05, 0.1) is 23.5 Å². The van der Waals surface area contributed by atoms with Crippen LogP contribution in [0, 0.1) is 0 Å². The van der Waals surface area contributed by atoms with E-state index in [0.29, 0.717) is 23.1 Å². The van der Waals surface area contributed by atoms with Gasteiger partial charge in [-0.1, -0.05) is 23.7 Å². The summed E-state index contributed by atoms with van der Waals surface area (Å²) in [6.45, 7) is 0.694. The van der Waals surface area contributed by atoms with Crippen LogP contribution in [-0.4, -0.2) is 51.2 Å². The Morgan fingerprint density at radius 3 is 2.62 bits per heavy atom. The number of carbonyl (C=O) groups is 1. The van der Waals surface area contributed by atoms with Crippen LogP contribution in [0.25, 0.3) is 11.1 Å². The SMILES string of the molecule is CN(C)c1ncc(-c2ccc(Cl)cc2)c([C@@H]2CCCN2C(=O)c2cnn(C)c2)n1. The normalized spacial score (nSPS) is 16.3. The number of amides is 1. The zero-order valence-electron chi connectivity index (χ0n) is 16.7. The van der Waals surface area contributed by atoms with Gasteiger partial charge >= 0.3 is 0 Å². The first-order valence-electron chi connectivity index (χ1n) is 9.54. The van der Waals surface area contributed by atoms with Crippen molar-refractivity contribution in [1.29, 1.82) is 0 Å². The van der Waals surface area contributed by atoms with E-state index in [4.69, 9.17) is 16.6 Å². The fourth-order valence-corrected chi connectivity index (χ4v) is 3.82. The van der Waals surface area contributed by atoms with E-state index in [1.54, 1.807) is 17.1 Å². The molecule has 0 saturated carbocycles. The Bertz CT molecular complexity index is 1030. The fraction of sp³-hybridized carbons (Fsp3) is 0.333. The number of rotatable bonds is 4. The zero-order valence-corrected chi connectivity index (χ0v) is 17.5.